The summed E-state index contributed by atoms with van der Waals surface area (Å²) in [4.78, 5) is 11.1. The van der Waals surface area contributed by atoms with E-state index < -0.39 is 0 Å². The zero-order valence-electron chi connectivity index (χ0n) is 19.0. The van der Waals surface area contributed by atoms with Gasteiger partial charge in [0.2, 0.25) is 0 Å². The second-order valence-corrected chi connectivity index (χ2v) is 8.70. The third-order valence-corrected chi connectivity index (χ3v) is 6.61. The van der Waals surface area contributed by atoms with Crippen molar-refractivity contribution in [1.82, 2.24) is 19.8 Å². The minimum absolute atomic E-state index is 0.321. The molecule has 7 heteroatoms. The summed E-state index contributed by atoms with van der Waals surface area (Å²) in [5.74, 6) is 3.19. The average Bonchev–Trinajstić information content (AvgIpc) is 3.50. The molecule has 2 atom stereocenters. The van der Waals surface area contributed by atoms with Gasteiger partial charge in [0.15, 0.2) is 17.5 Å². The highest BCUT2D eigenvalue weighted by Gasteiger charge is 2.29. The molecule has 1 aromatic carbocycles. The van der Waals surface area contributed by atoms with Crippen molar-refractivity contribution in [2.75, 3.05) is 27.2 Å². The fourth-order valence-corrected chi connectivity index (χ4v) is 4.71. The molecule has 1 N–H and O–H groups in total. The van der Waals surface area contributed by atoms with E-state index in [0.717, 1.165) is 55.4 Å². The molecule has 2 aliphatic rings. The molecule has 4 rings (SSSR count). The molecule has 0 spiro atoms. The smallest absolute Gasteiger partial charge is 0.193 e. The number of guanidine groups is 1. The first kappa shape index (κ1) is 21.5. The summed E-state index contributed by atoms with van der Waals surface area (Å²) < 4.78 is 14.0. The van der Waals surface area contributed by atoms with Gasteiger partial charge in [0.05, 0.1) is 25.6 Å². The van der Waals surface area contributed by atoms with E-state index in [9.17, 15) is 0 Å². The zero-order chi connectivity index (χ0) is 21.6. The predicted octanol–water partition coefficient (Wildman–Crippen LogP) is 3.87. The standard InChI is InChI=1S/C24H35N5O2/c1-18-10-12-28(16-21(18)29-13-11-26-17-29)24(25-2)27-15-19-8-9-22(23(14-19)30-3)31-20-6-4-5-7-20/h8-9,11,13-14,17-18,20-21H,4-7,10,12,15-16H2,1-3H3,(H,25,27). The Morgan fingerprint density at radius 1 is 1.23 bits per heavy atom. The number of methoxy groups -OCH3 is 1. The third-order valence-electron chi connectivity index (χ3n) is 6.61. The molecule has 168 valence electrons. The van der Waals surface area contributed by atoms with Gasteiger partial charge >= 0.3 is 0 Å². The maximum absolute atomic E-state index is 6.17. The minimum Gasteiger partial charge on any atom is -0.493 e. The van der Waals surface area contributed by atoms with Crippen LogP contribution in [0.2, 0.25) is 0 Å². The SMILES string of the molecule is CN=C(NCc1ccc(OC2CCCC2)c(OC)c1)N1CCC(C)C(n2ccnc2)C1. The third kappa shape index (κ3) is 5.14. The van der Waals surface area contributed by atoms with Gasteiger partial charge in [-0.2, -0.15) is 0 Å². The van der Waals surface area contributed by atoms with Gasteiger partial charge < -0.3 is 24.3 Å². The molecule has 1 aliphatic heterocycles. The van der Waals surface area contributed by atoms with Gasteiger partial charge in [0.25, 0.3) is 0 Å². The Bertz CT molecular complexity index is 861. The van der Waals surface area contributed by atoms with E-state index in [1.165, 1.54) is 12.8 Å². The molecule has 1 saturated carbocycles. The molecular formula is C24H35N5O2. The number of likely N-dealkylation sites (tertiary alicyclic amines) is 1. The van der Waals surface area contributed by atoms with Gasteiger partial charge in [-0.25, -0.2) is 4.98 Å². The van der Waals surface area contributed by atoms with Gasteiger partial charge in [-0.1, -0.05) is 13.0 Å². The summed E-state index contributed by atoms with van der Waals surface area (Å²) in [7, 11) is 3.56. The van der Waals surface area contributed by atoms with E-state index in [0.29, 0.717) is 24.6 Å². The number of aromatic nitrogens is 2. The number of rotatable bonds is 6. The molecule has 7 nitrogen and oxygen atoms in total. The normalized spacial score (nSPS) is 22.5. The lowest BCUT2D eigenvalue weighted by molar-refractivity contribution is 0.189. The van der Waals surface area contributed by atoms with Crippen molar-refractivity contribution in [3.8, 4) is 11.5 Å². The number of imidazole rings is 1. The Kier molecular flexibility index (Phi) is 6.99. The highest BCUT2D eigenvalue weighted by molar-refractivity contribution is 5.80. The van der Waals surface area contributed by atoms with Gasteiger partial charge in [0.1, 0.15) is 0 Å². The fraction of sp³-hybridized carbons (Fsp3) is 0.583. The molecule has 1 aromatic heterocycles. The Balaban J connectivity index is 1.38. The second-order valence-electron chi connectivity index (χ2n) is 8.70. The summed E-state index contributed by atoms with van der Waals surface area (Å²) in [6.45, 7) is 4.94. The number of nitrogens with one attached hydrogen (secondary N) is 1. The van der Waals surface area contributed by atoms with Crippen LogP contribution in [0.4, 0.5) is 0 Å². The van der Waals surface area contributed by atoms with Crippen LogP contribution < -0.4 is 14.8 Å². The number of nitrogens with zero attached hydrogens (tertiary/aromatic N) is 4. The quantitative estimate of drug-likeness (QED) is 0.562. The number of benzene rings is 1. The molecule has 0 radical (unpaired) electrons. The summed E-state index contributed by atoms with van der Waals surface area (Å²) in [5.41, 5.74) is 1.15. The van der Waals surface area contributed by atoms with Crippen molar-refractivity contribution in [3.05, 3.63) is 42.5 Å². The maximum atomic E-state index is 6.17. The topological polar surface area (TPSA) is 63.9 Å². The van der Waals surface area contributed by atoms with E-state index in [4.69, 9.17) is 9.47 Å². The first-order chi connectivity index (χ1) is 15.2. The molecular weight excluding hydrogens is 390 g/mol. The van der Waals surface area contributed by atoms with Crippen LogP contribution in [0, 0.1) is 5.92 Å². The van der Waals surface area contributed by atoms with Crippen molar-refractivity contribution in [1.29, 1.82) is 0 Å². The van der Waals surface area contributed by atoms with Gasteiger partial charge in [0, 0.05) is 39.1 Å². The van der Waals surface area contributed by atoms with Gasteiger partial charge in [-0.15, -0.1) is 0 Å². The molecule has 1 aliphatic carbocycles. The lowest BCUT2D eigenvalue weighted by Crippen LogP contribution is -2.48. The Labute approximate surface area is 185 Å². The van der Waals surface area contributed by atoms with Crippen LogP contribution >= 0.6 is 0 Å². The summed E-state index contributed by atoms with van der Waals surface area (Å²) in [6.07, 6.45) is 12.1. The molecule has 2 unspecified atom stereocenters. The molecule has 1 saturated heterocycles. The zero-order valence-corrected chi connectivity index (χ0v) is 19.0. The Morgan fingerprint density at radius 3 is 2.77 bits per heavy atom. The number of ether oxygens (including phenoxy) is 2. The Morgan fingerprint density at radius 2 is 2.06 bits per heavy atom. The van der Waals surface area contributed by atoms with Crippen molar-refractivity contribution in [3.63, 3.8) is 0 Å². The molecule has 2 heterocycles. The second kappa shape index (κ2) is 10.1. The molecule has 2 fully saturated rings. The lowest BCUT2D eigenvalue weighted by Gasteiger charge is -2.39. The molecule has 0 bridgehead atoms. The number of hydrogen-bond acceptors (Lipinski definition) is 4. The average molecular weight is 426 g/mol. The maximum Gasteiger partial charge on any atom is 0.193 e. The van der Waals surface area contributed by atoms with E-state index >= 15 is 0 Å². The van der Waals surface area contributed by atoms with Crippen LogP contribution in [0.15, 0.2) is 41.9 Å². The van der Waals surface area contributed by atoms with Crippen LogP contribution in [0.3, 0.4) is 0 Å². The molecule has 2 aromatic rings. The monoisotopic (exact) mass is 425 g/mol. The Hall–Kier alpha value is -2.70. The number of piperidine rings is 1. The highest BCUT2D eigenvalue weighted by atomic mass is 16.5. The molecule has 31 heavy (non-hydrogen) atoms. The summed E-state index contributed by atoms with van der Waals surface area (Å²) in [6, 6.07) is 6.62. The van der Waals surface area contributed by atoms with E-state index in [1.807, 2.05) is 25.6 Å². The summed E-state index contributed by atoms with van der Waals surface area (Å²) >= 11 is 0. The van der Waals surface area contributed by atoms with Gasteiger partial charge in [-0.3, -0.25) is 4.99 Å². The predicted molar refractivity (Wildman–Crippen MR) is 123 cm³/mol. The van der Waals surface area contributed by atoms with Crippen LogP contribution in [0.1, 0.15) is 50.6 Å². The van der Waals surface area contributed by atoms with Crippen molar-refractivity contribution in [2.45, 2.75) is 57.7 Å². The van der Waals surface area contributed by atoms with E-state index in [-0.39, 0.29) is 0 Å². The van der Waals surface area contributed by atoms with Crippen molar-refractivity contribution in [2.24, 2.45) is 10.9 Å². The lowest BCUT2D eigenvalue weighted by atomic mass is 9.93. The fourth-order valence-electron chi connectivity index (χ4n) is 4.71. The van der Waals surface area contributed by atoms with E-state index in [2.05, 4.69) is 50.0 Å². The van der Waals surface area contributed by atoms with Crippen molar-refractivity contribution < 1.29 is 9.47 Å². The first-order valence-corrected chi connectivity index (χ1v) is 11.4. The van der Waals surface area contributed by atoms with Crippen LogP contribution in [0.5, 0.6) is 11.5 Å². The molecule has 0 amide bonds. The van der Waals surface area contributed by atoms with Gasteiger partial charge in [-0.05, 0) is 55.7 Å². The highest BCUT2D eigenvalue weighted by Crippen LogP contribution is 2.32. The van der Waals surface area contributed by atoms with E-state index in [1.54, 1.807) is 7.11 Å². The van der Waals surface area contributed by atoms with Crippen LogP contribution in [-0.4, -0.2) is 53.8 Å². The van der Waals surface area contributed by atoms with Crippen LogP contribution in [0.25, 0.3) is 0 Å². The largest absolute Gasteiger partial charge is 0.493 e. The minimum atomic E-state index is 0.321. The van der Waals surface area contributed by atoms with Crippen LogP contribution in [-0.2, 0) is 6.54 Å². The number of aliphatic imine (C=N–C) groups is 1. The summed E-state index contributed by atoms with van der Waals surface area (Å²) in [5, 5.41) is 3.53. The number of hydrogen-bond donors (Lipinski definition) is 1. The van der Waals surface area contributed by atoms with Crippen molar-refractivity contribution >= 4 is 5.96 Å². The first-order valence-electron chi connectivity index (χ1n) is 11.4.